The molecule has 3 rings (SSSR count). The molecule has 136 valence electrons. The van der Waals surface area contributed by atoms with Crippen molar-refractivity contribution >= 4 is 35.1 Å². The molecule has 0 aromatic heterocycles. The Bertz CT molecular complexity index is 950. The van der Waals surface area contributed by atoms with E-state index in [1.807, 2.05) is 6.07 Å². The second-order valence-corrected chi connectivity index (χ2v) is 6.63. The number of hydrogen-bond donors (Lipinski definition) is 2. The summed E-state index contributed by atoms with van der Waals surface area (Å²) in [4.78, 5) is 38.2. The van der Waals surface area contributed by atoms with E-state index in [4.69, 9.17) is 16.9 Å². The first-order chi connectivity index (χ1) is 12.8. The Morgan fingerprint density at radius 2 is 1.81 bits per heavy atom. The summed E-state index contributed by atoms with van der Waals surface area (Å²) in [5.41, 5.74) is 0.226. The lowest BCUT2D eigenvalue weighted by Gasteiger charge is -2.22. The van der Waals surface area contributed by atoms with E-state index in [0.717, 1.165) is 4.90 Å². The van der Waals surface area contributed by atoms with Gasteiger partial charge in [-0.25, -0.2) is 4.79 Å². The van der Waals surface area contributed by atoms with E-state index in [0.29, 0.717) is 21.8 Å². The average molecular weight is 383 g/mol. The van der Waals surface area contributed by atoms with Crippen LogP contribution >= 0.6 is 11.6 Å². The normalized spacial score (nSPS) is 18.8. The van der Waals surface area contributed by atoms with Crippen molar-refractivity contribution in [3.8, 4) is 6.07 Å². The third-order valence-corrected chi connectivity index (χ3v) is 4.55. The predicted molar refractivity (Wildman–Crippen MR) is 98.8 cm³/mol. The van der Waals surface area contributed by atoms with Gasteiger partial charge in [0, 0.05) is 10.7 Å². The molecule has 4 amide bonds. The van der Waals surface area contributed by atoms with Crippen LogP contribution in [0, 0.1) is 11.3 Å². The Hall–Kier alpha value is -3.37. The van der Waals surface area contributed by atoms with Crippen LogP contribution in [0.5, 0.6) is 0 Å². The molecular formula is C19H15ClN4O3. The lowest BCUT2D eigenvalue weighted by molar-refractivity contribution is -0.133. The number of carbonyl (C=O) groups is 3. The van der Waals surface area contributed by atoms with Crippen molar-refractivity contribution in [2.75, 3.05) is 11.9 Å². The summed E-state index contributed by atoms with van der Waals surface area (Å²) in [5.74, 6) is -1.05. The Kier molecular flexibility index (Phi) is 4.84. The van der Waals surface area contributed by atoms with E-state index >= 15 is 0 Å². The second kappa shape index (κ2) is 7.09. The number of hydrogen-bond acceptors (Lipinski definition) is 4. The Balaban J connectivity index is 1.72. The highest BCUT2D eigenvalue weighted by Crippen LogP contribution is 2.29. The van der Waals surface area contributed by atoms with E-state index in [1.165, 1.54) is 0 Å². The van der Waals surface area contributed by atoms with Gasteiger partial charge in [0.1, 0.15) is 12.1 Å². The fourth-order valence-corrected chi connectivity index (χ4v) is 2.92. The number of halogens is 1. The molecule has 1 heterocycles. The molecule has 2 aromatic rings. The lowest BCUT2D eigenvalue weighted by Crippen LogP contribution is -2.42. The monoisotopic (exact) mass is 382 g/mol. The molecular weight excluding hydrogens is 368 g/mol. The minimum absolute atomic E-state index is 0.423. The molecule has 2 N–H and O–H groups in total. The summed E-state index contributed by atoms with van der Waals surface area (Å²) in [6.45, 7) is 1.16. The molecule has 0 unspecified atom stereocenters. The Morgan fingerprint density at radius 3 is 2.41 bits per heavy atom. The van der Waals surface area contributed by atoms with Gasteiger partial charge in [0.2, 0.25) is 5.91 Å². The lowest BCUT2D eigenvalue weighted by atomic mass is 9.92. The third kappa shape index (κ3) is 3.61. The number of urea groups is 1. The van der Waals surface area contributed by atoms with Gasteiger partial charge in [0.05, 0.1) is 11.6 Å². The maximum atomic E-state index is 12.8. The Morgan fingerprint density at radius 1 is 1.19 bits per heavy atom. The van der Waals surface area contributed by atoms with E-state index in [-0.39, 0.29) is 0 Å². The first-order valence-electron chi connectivity index (χ1n) is 8.03. The molecule has 27 heavy (non-hydrogen) atoms. The molecule has 1 aliphatic rings. The molecule has 0 radical (unpaired) electrons. The summed E-state index contributed by atoms with van der Waals surface area (Å²) in [7, 11) is 0. The average Bonchev–Trinajstić information content (AvgIpc) is 2.87. The highest BCUT2D eigenvalue weighted by atomic mass is 35.5. The van der Waals surface area contributed by atoms with Gasteiger partial charge in [-0.3, -0.25) is 14.5 Å². The number of imide groups is 1. The van der Waals surface area contributed by atoms with E-state index in [1.54, 1.807) is 55.5 Å². The summed E-state index contributed by atoms with van der Waals surface area (Å²) in [5, 5.41) is 14.5. The van der Waals surface area contributed by atoms with Gasteiger partial charge in [-0.1, -0.05) is 23.7 Å². The first kappa shape index (κ1) is 18.4. The van der Waals surface area contributed by atoms with Crippen molar-refractivity contribution in [1.82, 2.24) is 10.2 Å². The SMILES string of the molecule is C[C@]1(c2ccc(Cl)cc2)NC(=O)N(CC(=O)Nc2ccc(C#N)cc2)C1=O. The van der Waals surface area contributed by atoms with Crippen molar-refractivity contribution in [2.24, 2.45) is 0 Å². The standard InChI is InChI=1S/C19H15ClN4O3/c1-19(13-4-6-14(20)7-5-13)17(26)24(18(27)23-19)11-16(25)22-15-8-2-12(10-21)3-9-15/h2-9H,11H2,1H3,(H,22,25)(H,23,27)/t19-/m1/s1. The van der Waals surface area contributed by atoms with Crippen LogP contribution in [-0.4, -0.2) is 29.3 Å². The van der Waals surface area contributed by atoms with Crippen molar-refractivity contribution in [3.05, 3.63) is 64.7 Å². The fraction of sp³-hybridized carbons (Fsp3) is 0.158. The van der Waals surface area contributed by atoms with Crippen molar-refractivity contribution in [2.45, 2.75) is 12.5 Å². The topological polar surface area (TPSA) is 102 Å². The maximum absolute atomic E-state index is 12.8. The minimum Gasteiger partial charge on any atom is -0.325 e. The molecule has 1 atom stereocenters. The molecule has 7 nitrogen and oxygen atoms in total. The van der Waals surface area contributed by atoms with Crippen LogP contribution in [0.2, 0.25) is 5.02 Å². The van der Waals surface area contributed by atoms with E-state index in [2.05, 4.69) is 10.6 Å². The first-order valence-corrected chi connectivity index (χ1v) is 8.41. The van der Waals surface area contributed by atoms with Gasteiger partial charge in [-0.15, -0.1) is 0 Å². The summed E-state index contributed by atoms with van der Waals surface area (Å²) in [6.07, 6.45) is 0. The zero-order chi connectivity index (χ0) is 19.6. The fourth-order valence-electron chi connectivity index (χ4n) is 2.79. The number of nitrogens with one attached hydrogen (secondary N) is 2. The predicted octanol–water partition coefficient (Wildman–Crippen LogP) is 2.62. The minimum atomic E-state index is -1.27. The van der Waals surface area contributed by atoms with E-state index in [9.17, 15) is 14.4 Å². The molecule has 1 aliphatic heterocycles. The van der Waals surface area contributed by atoms with Gasteiger partial charge in [0.15, 0.2) is 0 Å². The largest absolute Gasteiger partial charge is 0.325 e. The second-order valence-electron chi connectivity index (χ2n) is 6.19. The summed E-state index contributed by atoms with van der Waals surface area (Å²) >= 11 is 5.87. The van der Waals surface area contributed by atoms with Crippen LogP contribution in [0.15, 0.2) is 48.5 Å². The highest BCUT2D eigenvalue weighted by molar-refractivity contribution is 6.30. The molecule has 1 fully saturated rings. The number of benzene rings is 2. The van der Waals surface area contributed by atoms with Crippen LogP contribution in [0.3, 0.4) is 0 Å². The zero-order valence-electron chi connectivity index (χ0n) is 14.3. The maximum Gasteiger partial charge on any atom is 0.325 e. The van der Waals surface area contributed by atoms with Gasteiger partial charge in [0.25, 0.3) is 5.91 Å². The van der Waals surface area contributed by atoms with Crippen LogP contribution in [-0.2, 0) is 15.1 Å². The third-order valence-electron chi connectivity index (χ3n) is 4.30. The quantitative estimate of drug-likeness (QED) is 0.793. The van der Waals surface area contributed by atoms with Gasteiger partial charge >= 0.3 is 6.03 Å². The number of rotatable bonds is 4. The van der Waals surface area contributed by atoms with Crippen LogP contribution < -0.4 is 10.6 Å². The highest BCUT2D eigenvalue weighted by Gasteiger charge is 2.49. The van der Waals surface area contributed by atoms with Crippen LogP contribution in [0.4, 0.5) is 10.5 Å². The van der Waals surface area contributed by atoms with Crippen molar-refractivity contribution in [1.29, 1.82) is 5.26 Å². The summed E-state index contributed by atoms with van der Waals surface area (Å²) in [6, 6.07) is 14.1. The summed E-state index contributed by atoms with van der Waals surface area (Å²) < 4.78 is 0. The van der Waals surface area contributed by atoms with Gasteiger partial charge in [-0.2, -0.15) is 5.26 Å². The smallest absolute Gasteiger partial charge is 0.325 e. The number of anilines is 1. The van der Waals surface area contributed by atoms with E-state index < -0.39 is 29.9 Å². The molecule has 0 bridgehead atoms. The molecule has 8 heteroatoms. The molecule has 0 aliphatic carbocycles. The van der Waals surface area contributed by atoms with Crippen molar-refractivity contribution in [3.63, 3.8) is 0 Å². The zero-order valence-corrected chi connectivity index (χ0v) is 15.1. The Labute approximate surface area is 160 Å². The molecule has 2 aromatic carbocycles. The van der Waals surface area contributed by atoms with Gasteiger partial charge < -0.3 is 10.6 Å². The van der Waals surface area contributed by atoms with Crippen LogP contribution in [0.1, 0.15) is 18.1 Å². The molecule has 0 saturated carbocycles. The molecule has 0 spiro atoms. The number of nitriles is 1. The molecule has 1 saturated heterocycles. The number of amides is 4. The van der Waals surface area contributed by atoms with Gasteiger partial charge in [-0.05, 0) is 48.9 Å². The number of nitrogens with zero attached hydrogens (tertiary/aromatic N) is 2. The number of carbonyl (C=O) groups excluding carboxylic acids is 3. The van der Waals surface area contributed by atoms with Crippen molar-refractivity contribution < 1.29 is 14.4 Å². The van der Waals surface area contributed by atoms with Crippen LogP contribution in [0.25, 0.3) is 0 Å².